The third-order valence-electron chi connectivity index (χ3n) is 3.93. The lowest BCUT2D eigenvalue weighted by atomic mass is 9.91. The van der Waals surface area contributed by atoms with Crippen molar-refractivity contribution in [3.05, 3.63) is 58.9 Å². The van der Waals surface area contributed by atoms with Gasteiger partial charge in [-0.25, -0.2) is 4.39 Å². The van der Waals surface area contributed by atoms with E-state index in [4.69, 9.17) is 15.2 Å². The summed E-state index contributed by atoms with van der Waals surface area (Å²) >= 11 is 0. The molecule has 1 aliphatic heterocycles. The summed E-state index contributed by atoms with van der Waals surface area (Å²) in [5.74, 6) is 1.30. The van der Waals surface area contributed by atoms with E-state index in [1.165, 1.54) is 12.1 Å². The molecular weight excluding hydrogens is 269 g/mol. The van der Waals surface area contributed by atoms with Crippen LogP contribution in [0.5, 0.6) is 11.5 Å². The summed E-state index contributed by atoms with van der Waals surface area (Å²) in [6.07, 6.45) is 0.508. The Balaban J connectivity index is 1.94. The monoisotopic (exact) mass is 287 g/mol. The molecule has 1 aliphatic rings. The van der Waals surface area contributed by atoms with Gasteiger partial charge in [-0.15, -0.1) is 0 Å². The summed E-state index contributed by atoms with van der Waals surface area (Å²) in [5, 5.41) is 0. The predicted molar refractivity (Wildman–Crippen MR) is 79.0 cm³/mol. The van der Waals surface area contributed by atoms with Crippen LogP contribution in [0.1, 0.15) is 35.3 Å². The number of hydrogen-bond donors (Lipinski definition) is 1. The van der Waals surface area contributed by atoms with Gasteiger partial charge in [-0.2, -0.15) is 0 Å². The van der Waals surface area contributed by atoms with Gasteiger partial charge in [-0.3, -0.25) is 0 Å². The van der Waals surface area contributed by atoms with E-state index in [-0.39, 0.29) is 18.0 Å². The summed E-state index contributed by atoms with van der Waals surface area (Å²) in [7, 11) is 1.63. The number of nitrogens with two attached hydrogens (primary N) is 1. The Morgan fingerprint density at radius 3 is 2.71 bits per heavy atom. The summed E-state index contributed by atoms with van der Waals surface area (Å²) in [6.45, 7) is 1.89. The summed E-state index contributed by atoms with van der Waals surface area (Å²) in [5.41, 5.74) is 9.08. The highest BCUT2D eigenvalue weighted by molar-refractivity contribution is 5.44. The van der Waals surface area contributed by atoms with Crippen molar-refractivity contribution in [1.82, 2.24) is 0 Å². The molecule has 3 rings (SSSR count). The Hall–Kier alpha value is -2.07. The quantitative estimate of drug-likeness (QED) is 0.916. The van der Waals surface area contributed by atoms with Crippen LogP contribution in [0, 0.1) is 12.7 Å². The zero-order chi connectivity index (χ0) is 15.0. The van der Waals surface area contributed by atoms with Gasteiger partial charge in [0.05, 0.1) is 7.11 Å². The highest BCUT2D eigenvalue weighted by atomic mass is 19.1. The third-order valence-corrected chi connectivity index (χ3v) is 3.93. The molecule has 2 atom stereocenters. The summed E-state index contributed by atoms with van der Waals surface area (Å²) < 4.78 is 24.5. The van der Waals surface area contributed by atoms with Crippen LogP contribution in [0.2, 0.25) is 0 Å². The van der Waals surface area contributed by atoms with Gasteiger partial charge in [-0.1, -0.05) is 6.07 Å². The molecule has 0 saturated heterocycles. The van der Waals surface area contributed by atoms with Gasteiger partial charge >= 0.3 is 0 Å². The average molecular weight is 287 g/mol. The van der Waals surface area contributed by atoms with Gasteiger partial charge in [0, 0.05) is 18.0 Å². The first-order valence-corrected chi connectivity index (χ1v) is 6.94. The first-order valence-electron chi connectivity index (χ1n) is 6.94. The molecular formula is C17H18FNO2. The molecule has 4 heteroatoms. The highest BCUT2D eigenvalue weighted by Gasteiger charge is 2.28. The molecule has 0 fully saturated rings. The van der Waals surface area contributed by atoms with Gasteiger partial charge in [0.2, 0.25) is 0 Å². The maximum atomic E-state index is 13.2. The second-order valence-electron chi connectivity index (χ2n) is 5.35. The smallest absolute Gasteiger partial charge is 0.126 e. The van der Waals surface area contributed by atoms with E-state index in [0.717, 1.165) is 28.2 Å². The topological polar surface area (TPSA) is 44.5 Å². The largest absolute Gasteiger partial charge is 0.497 e. The van der Waals surface area contributed by atoms with Crippen molar-refractivity contribution in [2.45, 2.75) is 25.5 Å². The maximum absolute atomic E-state index is 13.2. The van der Waals surface area contributed by atoms with Gasteiger partial charge in [0.1, 0.15) is 23.4 Å². The number of methoxy groups -OCH3 is 1. The van der Waals surface area contributed by atoms with Gasteiger partial charge in [0.15, 0.2) is 0 Å². The van der Waals surface area contributed by atoms with Crippen LogP contribution < -0.4 is 15.2 Å². The molecule has 0 radical (unpaired) electrons. The second-order valence-corrected chi connectivity index (χ2v) is 5.35. The third kappa shape index (κ3) is 2.59. The van der Waals surface area contributed by atoms with E-state index in [9.17, 15) is 4.39 Å². The molecule has 1 heterocycles. The van der Waals surface area contributed by atoms with Crippen LogP contribution in [0.3, 0.4) is 0 Å². The van der Waals surface area contributed by atoms with Crippen molar-refractivity contribution in [2.24, 2.45) is 5.73 Å². The molecule has 2 aromatic carbocycles. The zero-order valence-corrected chi connectivity index (χ0v) is 12.1. The fraction of sp³-hybridized carbons (Fsp3) is 0.294. The molecule has 0 amide bonds. The maximum Gasteiger partial charge on any atom is 0.126 e. The van der Waals surface area contributed by atoms with E-state index in [0.29, 0.717) is 6.42 Å². The number of halogens is 1. The molecule has 0 bridgehead atoms. The SMILES string of the molecule is COc1ccc2c(c1)[C@@H](N)CC(c1ccc(F)cc1C)O2. The van der Waals surface area contributed by atoms with Crippen LogP contribution in [0.4, 0.5) is 4.39 Å². The minimum Gasteiger partial charge on any atom is -0.497 e. The number of hydrogen-bond acceptors (Lipinski definition) is 3. The normalized spacial score (nSPS) is 20.6. The van der Waals surface area contributed by atoms with Crippen LogP contribution in [0.25, 0.3) is 0 Å². The van der Waals surface area contributed by atoms with E-state index < -0.39 is 0 Å². The van der Waals surface area contributed by atoms with Crippen molar-refractivity contribution < 1.29 is 13.9 Å². The minimum atomic E-state index is -0.235. The Labute approximate surface area is 123 Å². The number of ether oxygens (including phenoxy) is 2. The van der Waals surface area contributed by atoms with Crippen LogP contribution in [-0.2, 0) is 0 Å². The Morgan fingerprint density at radius 2 is 2.00 bits per heavy atom. The lowest BCUT2D eigenvalue weighted by Gasteiger charge is -2.31. The number of benzene rings is 2. The molecule has 110 valence electrons. The van der Waals surface area contributed by atoms with E-state index in [1.807, 2.05) is 25.1 Å². The zero-order valence-electron chi connectivity index (χ0n) is 12.1. The van der Waals surface area contributed by atoms with E-state index in [1.54, 1.807) is 13.2 Å². The first-order chi connectivity index (χ1) is 10.1. The molecule has 1 unspecified atom stereocenters. The molecule has 0 aromatic heterocycles. The molecule has 0 aliphatic carbocycles. The fourth-order valence-corrected chi connectivity index (χ4v) is 2.80. The Morgan fingerprint density at radius 1 is 1.19 bits per heavy atom. The molecule has 2 N–H and O–H groups in total. The van der Waals surface area contributed by atoms with Crippen LogP contribution in [-0.4, -0.2) is 7.11 Å². The Kier molecular flexibility index (Phi) is 3.55. The highest BCUT2D eigenvalue weighted by Crippen LogP contribution is 2.41. The van der Waals surface area contributed by atoms with Crippen LogP contribution >= 0.6 is 0 Å². The van der Waals surface area contributed by atoms with Gasteiger partial charge < -0.3 is 15.2 Å². The van der Waals surface area contributed by atoms with E-state index >= 15 is 0 Å². The molecule has 0 saturated carbocycles. The first kappa shape index (κ1) is 13.9. The van der Waals surface area contributed by atoms with Crippen molar-refractivity contribution in [1.29, 1.82) is 0 Å². The molecule has 3 nitrogen and oxygen atoms in total. The van der Waals surface area contributed by atoms with Crippen molar-refractivity contribution >= 4 is 0 Å². The van der Waals surface area contributed by atoms with Crippen molar-refractivity contribution in [3.8, 4) is 11.5 Å². The predicted octanol–water partition coefficient (Wildman–Crippen LogP) is 3.67. The fourth-order valence-electron chi connectivity index (χ4n) is 2.80. The molecule has 0 spiro atoms. The number of fused-ring (bicyclic) bond motifs is 1. The second kappa shape index (κ2) is 5.37. The summed E-state index contributed by atoms with van der Waals surface area (Å²) in [6, 6.07) is 10.3. The van der Waals surface area contributed by atoms with Gasteiger partial charge in [0.25, 0.3) is 0 Å². The number of rotatable bonds is 2. The van der Waals surface area contributed by atoms with Crippen LogP contribution in [0.15, 0.2) is 36.4 Å². The lowest BCUT2D eigenvalue weighted by molar-refractivity contribution is 0.160. The minimum absolute atomic E-state index is 0.127. The Bertz CT molecular complexity index is 672. The van der Waals surface area contributed by atoms with Crippen molar-refractivity contribution in [2.75, 3.05) is 7.11 Å². The molecule has 2 aromatic rings. The lowest BCUT2D eigenvalue weighted by Crippen LogP contribution is -2.24. The van der Waals surface area contributed by atoms with Crippen molar-refractivity contribution in [3.63, 3.8) is 0 Å². The summed E-state index contributed by atoms with van der Waals surface area (Å²) in [4.78, 5) is 0. The number of aryl methyl sites for hydroxylation is 1. The standard InChI is InChI=1S/C17H18FNO2/c1-10-7-11(18)3-5-13(10)17-9-15(19)14-8-12(20-2)4-6-16(14)21-17/h3-8,15,17H,9,19H2,1-2H3/t15-,17?/m0/s1. The average Bonchev–Trinajstić information content (AvgIpc) is 2.47. The van der Waals surface area contributed by atoms with E-state index in [2.05, 4.69) is 0 Å². The molecule has 21 heavy (non-hydrogen) atoms. The van der Waals surface area contributed by atoms with Gasteiger partial charge in [-0.05, 0) is 48.4 Å².